The van der Waals surface area contributed by atoms with E-state index in [1.807, 2.05) is 0 Å². The van der Waals surface area contributed by atoms with Gasteiger partial charge < -0.3 is 14.7 Å². The van der Waals surface area contributed by atoms with Gasteiger partial charge in [0.1, 0.15) is 0 Å². The molecule has 0 unspecified atom stereocenters. The summed E-state index contributed by atoms with van der Waals surface area (Å²) < 4.78 is 0. The molecule has 0 heterocycles. The van der Waals surface area contributed by atoms with Gasteiger partial charge in [-0.1, -0.05) is 151 Å². The summed E-state index contributed by atoms with van der Waals surface area (Å²) >= 11 is 0. The molecule has 0 aliphatic carbocycles. The molecule has 0 radical (unpaired) electrons. The van der Waals surface area contributed by atoms with Crippen LogP contribution in [0.25, 0.3) is 33.4 Å². The second-order valence-electron chi connectivity index (χ2n) is 19.4. The molecule has 3 heteroatoms. The molecule has 75 heavy (non-hydrogen) atoms. The molecule has 0 bridgehead atoms. The number of hydrogen-bond acceptors (Lipinski definition) is 3. The number of hydrogen-bond donors (Lipinski definition) is 0. The van der Waals surface area contributed by atoms with Crippen LogP contribution in [-0.2, 0) is 32.1 Å². The molecule has 0 amide bonds. The van der Waals surface area contributed by atoms with Crippen LogP contribution in [-0.4, -0.2) is 0 Å². The van der Waals surface area contributed by atoms with E-state index in [4.69, 9.17) is 0 Å². The van der Waals surface area contributed by atoms with Crippen LogP contribution in [0.3, 0.4) is 0 Å². The third-order valence-corrected chi connectivity index (χ3v) is 14.5. The molecule has 0 aliphatic rings. The molecule has 0 N–H and O–H groups in total. The van der Waals surface area contributed by atoms with Crippen LogP contribution < -0.4 is 14.7 Å². The van der Waals surface area contributed by atoms with E-state index >= 15 is 0 Å². The molecular formula is C72H71N3. The van der Waals surface area contributed by atoms with E-state index in [2.05, 4.69) is 293 Å². The average Bonchev–Trinajstić information content (AvgIpc) is 3.46. The Morgan fingerprint density at radius 2 is 0.453 bits per heavy atom. The van der Waals surface area contributed by atoms with Crippen molar-refractivity contribution in [3.05, 3.63) is 270 Å². The second kappa shape index (κ2) is 23.6. The first-order valence-corrected chi connectivity index (χ1v) is 26.7. The van der Waals surface area contributed by atoms with Crippen molar-refractivity contribution in [2.75, 3.05) is 14.7 Å². The predicted octanol–water partition coefficient (Wildman–Crippen LogP) is 20.9. The Labute approximate surface area is 448 Å². The molecule has 0 aliphatic heterocycles. The summed E-state index contributed by atoms with van der Waals surface area (Å²) in [4.78, 5) is 7.17. The Kier molecular flexibility index (Phi) is 16.2. The monoisotopic (exact) mass is 978 g/mol. The van der Waals surface area contributed by atoms with E-state index in [-0.39, 0.29) is 7.43 Å². The van der Waals surface area contributed by atoms with E-state index in [0.29, 0.717) is 0 Å². The van der Waals surface area contributed by atoms with Crippen LogP contribution >= 0.6 is 0 Å². The minimum absolute atomic E-state index is 0. The third kappa shape index (κ3) is 11.5. The third-order valence-electron chi connectivity index (χ3n) is 14.5. The lowest BCUT2D eigenvalue weighted by Gasteiger charge is -2.27. The first-order chi connectivity index (χ1) is 36.3. The largest absolute Gasteiger partial charge is 0.310 e. The summed E-state index contributed by atoms with van der Waals surface area (Å²) in [6.45, 7) is 13.3. The minimum Gasteiger partial charge on any atom is -0.310 e. The quantitative estimate of drug-likeness (QED) is 0.0900. The normalized spacial score (nSPS) is 11.0. The Balaban J connectivity index is 0.00000689. The van der Waals surface area contributed by atoms with Crippen molar-refractivity contribution in [3.63, 3.8) is 0 Å². The van der Waals surface area contributed by atoms with E-state index in [9.17, 15) is 0 Å². The Morgan fingerprint density at radius 1 is 0.227 bits per heavy atom. The molecular weight excluding hydrogens is 907 g/mol. The Hall–Kier alpha value is -8.40. The fourth-order valence-corrected chi connectivity index (χ4v) is 10.2. The van der Waals surface area contributed by atoms with Crippen molar-refractivity contribution < 1.29 is 0 Å². The van der Waals surface area contributed by atoms with E-state index in [1.165, 1.54) is 33.4 Å². The van der Waals surface area contributed by atoms with Crippen molar-refractivity contribution in [2.24, 2.45) is 0 Å². The fraction of sp³-hybridized carbons (Fsp3) is 0.167. The van der Waals surface area contributed by atoms with Gasteiger partial charge in [0, 0.05) is 51.2 Å². The lowest BCUT2D eigenvalue weighted by atomic mass is 9.93. The molecule has 374 valence electrons. The Bertz CT molecular complexity index is 3240. The van der Waals surface area contributed by atoms with E-state index in [0.717, 1.165) is 117 Å². The van der Waals surface area contributed by atoms with Gasteiger partial charge in [-0.05, 0) is 233 Å². The first kappa shape index (κ1) is 51.5. The molecule has 0 saturated heterocycles. The van der Waals surface area contributed by atoms with Gasteiger partial charge in [0.2, 0.25) is 0 Å². The molecule has 0 fully saturated rings. The molecule has 3 nitrogen and oxygen atoms in total. The predicted molar refractivity (Wildman–Crippen MR) is 325 cm³/mol. The lowest BCUT2D eigenvalue weighted by molar-refractivity contribution is 1.12. The van der Waals surface area contributed by atoms with Gasteiger partial charge in [-0.2, -0.15) is 0 Å². The smallest absolute Gasteiger partial charge is 0.0464 e. The molecule has 10 rings (SSSR count). The summed E-state index contributed by atoms with van der Waals surface area (Å²) in [5, 5.41) is 0. The van der Waals surface area contributed by atoms with Crippen LogP contribution in [0.2, 0.25) is 0 Å². The van der Waals surface area contributed by atoms with Crippen molar-refractivity contribution >= 4 is 51.2 Å². The van der Waals surface area contributed by atoms with Crippen LogP contribution in [0.5, 0.6) is 0 Å². The molecule has 0 atom stereocenters. The first-order valence-electron chi connectivity index (χ1n) is 26.7. The highest BCUT2D eigenvalue weighted by Gasteiger charge is 2.18. The maximum Gasteiger partial charge on any atom is 0.0464 e. The lowest BCUT2D eigenvalue weighted by Crippen LogP contribution is -2.10. The zero-order valence-corrected chi connectivity index (χ0v) is 43.9. The van der Waals surface area contributed by atoms with Crippen LogP contribution in [0.4, 0.5) is 51.2 Å². The maximum absolute atomic E-state index is 2.39. The highest BCUT2D eigenvalue weighted by molar-refractivity contribution is 5.86. The van der Waals surface area contributed by atoms with Gasteiger partial charge in [-0.15, -0.1) is 0 Å². The molecule has 10 aromatic carbocycles. The second-order valence-corrected chi connectivity index (χ2v) is 19.4. The highest BCUT2D eigenvalue weighted by atomic mass is 15.2. The number of aryl methyl sites for hydroxylation is 6. The molecule has 0 spiro atoms. The summed E-state index contributed by atoms with van der Waals surface area (Å²) in [5.41, 5.74) is 25.1. The number of rotatable bonds is 17. The number of nitrogens with zero attached hydrogens (tertiary/aromatic N) is 3. The maximum atomic E-state index is 2.39. The molecule has 0 aromatic heterocycles. The van der Waals surface area contributed by atoms with Gasteiger partial charge >= 0.3 is 0 Å². The highest BCUT2D eigenvalue weighted by Crippen LogP contribution is 2.42. The van der Waals surface area contributed by atoms with Gasteiger partial charge in [0.15, 0.2) is 0 Å². The summed E-state index contributed by atoms with van der Waals surface area (Å²) in [6, 6.07) is 88.0. The average molecular weight is 978 g/mol. The van der Waals surface area contributed by atoms with E-state index in [1.54, 1.807) is 0 Å². The SMILES string of the molecule is C.CCc1cccc(N(c2ccc(-c3cc(-c4ccc(N(c5cccc(CC)c5)c5cccc(CC)c5)cc4)cc(-c4ccc(N(c5cccc(CC)c5)c5cccc(CC)c5)cc4)c3)cc2)c2cccc(C)c2)c1. The van der Waals surface area contributed by atoms with E-state index < -0.39 is 0 Å². The van der Waals surface area contributed by atoms with Crippen molar-refractivity contribution in [1.29, 1.82) is 0 Å². The zero-order chi connectivity index (χ0) is 51.0. The van der Waals surface area contributed by atoms with Gasteiger partial charge in [-0.25, -0.2) is 0 Å². The minimum atomic E-state index is 0. The summed E-state index contributed by atoms with van der Waals surface area (Å²) in [7, 11) is 0. The topological polar surface area (TPSA) is 9.72 Å². The van der Waals surface area contributed by atoms with Gasteiger partial charge in [-0.3, -0.25) is 0 Å². The number of anilines is 9. The molecule has 10 aromatic rings. The van der Waals surface area contributed by atoms with Crippen molar-refractivity contribution in [3.8, 4) is 33.4 Å². The zero-order valence-electron chi connectivity index (χ0n) is 43.9. The fourth-order valence-electron chi connectivity index (χ4n) is 10.2. The number of benzene rings is 10. The van der Waals surface area contributed by atoms with Gasteiger partial charge in [0.25, 0.3) is 0 Å². The van der Waals surface area contributed by atoms with Gasteiger partial charge in [0.05, 0.1) is 0 Å². The van der Waals surface area contributed by atoms with Crippen molar-refractivity contribution in [1.82, 2.24) is 0 Å². The standard InChI is InChI=1S/C71H67N3.CH4/c1-7-52-19-13-25-67(43-52)72(66-24-12-18-51(6)42-66)63-36-30-57(31-37-63)60-48-61(58-32-38-64(39-33-58)73(68-26-14-20-53(8-2)44-68)69-27-15-21-54(9-3)45-69)50-62(49-60)59-34-40-65(41-35-59)74(70-28-16-22-55(10-4)46-70)71-29-17-23-56(11-5)47-71;/h12-50H,7-11H2,1-6H3;1H4. The molecule has 0 saturated carbocycles. The van der Waals surface area contributed by atoms with Crippen LogP contribution in [0, 0.1) is 6.92 Å². The Morgan fingerprint density at radius 3 is 0.680 bits per heavy atom. The summed E-state index contributed by atoms with van der Waals surface area (Å²) in [5.74, 6) is 0. The summed E-state index contributed by atoms with van der Waals surface area (Å²) in [6.07, 6.45) is 4.91. The van der Waals surface area contributed by atoms with Crippen LogP contribution in [0.15, 0.2) is 237 Å². The van der Waals surface area contributed by atoms with Crippen LogP contribution in [0.1, 0.15) is 75.4 Å². The van der Waals surface area contributed by atoms with Crippen molar-refractivity contribution in [2.45, 2.75) is 81.1 Å².